The number of rotatable bonds is 2. The lowest BCUT2D eigenvalue weighted by Gasteiger charge is -2.36. The van der Waals surface area contributed by atoms with E-state index in [0.29, 0.717) is 12.1 Å². The minimum atomic E-state index is 0.335. The number of aromatic nitrogens is 1. The maximum Gasteiger partial charge on any atom is 0.106 e. The molecular weight excluding hydrogens is 268 g/mol. The van der Waals surface area contributed by atoms with E-state index < -0.39 is 0 Å². The number of halogens is 1. The molecular formula is C12H17BrN2O. The van der Waals surface area contributed by atoms with E-state index in [1.165, 1.54) is 5.56 Å². The van der Waals surface area contributed by atoms with Gasteiger partial charge in [0.25, 0.3) is 0 Å². The molecule has 0 spiro atoms. The fourth-order valence-electron chi connectivity index (χ4n) is 1.97. The topological polar surface area (TPSA) is 25.4 Å². The number of morpholine rings is 1. The first-order valence-corrected chi connectivity index (χ1v) is 6.40. The molecule has 2 atom stereocenters. The molecule has 1 aliphatic heterocycles. The summed E-state index contributed by atoms with van der Waals surface area (Å²) in [5, 5.41) is 0. The lowest BCUT2D eigenvalue weighted by Crippen LogP contribution is -2.46. The zero-order chi connectivity index (χ0) is 11.5. The molecule has 0 amide bonds. The van der Waals surface area contributed by atoms with Crippen LogP contribution in [0.25, 0.3) is 0 Å². The first kappa shape index (κ1) is 12.0. The SMILES string of the molecule is C[C@@H]1CN(Cc2ccnc(Br)c2)[C@H](C)CO1. The van der Waals surface area contributed by atoms with Gasteiger partial charge in [0.15, 0.2) is 0 Å². The van der Waals surface area contributed by atoms with Gasteiger partial charge in [-0.2, -0.15) is 0 Å². The van der Waals surface area contributed by atoms with Crippen molar-refractivity contribution in [3.63, 3.8) is 0 Å². The van der Waals surface area contributed by atoms with E-state index in [9.17, 15) is 0 Å². The van der Waals surface area contributed by atoms with Gasteiger partial charge in [-0.05, 0) is 47.5 Å². The Morgan fingerprint density at radius 3 is 3.12 bits per heavy atom. The summed E-state index contributed by atoms with van der Waals surface area (Å²) in [5.41, 5.74) is 1.29. The minimum Gasteiger partial charge on any atom is -0.376 e. The summed E-state index contributed by atoms with van der Waals surface area (Å²) in [6.07, 6.45) is 2.18. The third kappa shape index (κ3) is 3.03. The molecule has 16 heavy (non-hydrogen) atoms. The van der Waals surface area contributed by atoms with Crippen molar-refractivity contribution >= 4 is 15.9 Å². The average Bonchev–Trinajstić information content (AvgIpc) is 2.24. The highest BCUT2D eigenvalue weighted by molar-refractivity contribution is 9.10. The van der Waals surface area contributed by atoms with Crippen molar-refractivity contribution in [2.75, 3.05) is 13.2 Å². The Balaban J connectivity index is 2.02. The standard InChI is InChI=1S/C12H17BrN2O/c1-9-8-16-10(2)6-15(9)7-11-3-4-14-12(13)5-11/h3-5,9-10H,6-8H2,1-2H3/t9-,10-/m1/s1. The van der Waals surface area contributed by atoms with E-state index in [-0.39, 0.29) is 0 Å². The lowest BCUT2D eigenvalue weighted by molar-refractivity contribution is -0.0526. The van der Waals surface area contributed by atoms with Crippen LogP contribution in [0.3, 0.4) is 0 Å². The molecule has 1 aromatic rings. The Morgan fingerprint density at radius 1 is 1.56 bits per heavy atom. The quantitative estimate of drug-likeness (QED) is 0.780. The third-order valence-corrected chi connectivity index (χ3v) is 3.35. The molecule has 1 saturated heterocycles. The second-order valence-electron chi connectivity index (χ2n) is 4.41. The van der Waals surface area contributed by atoms with Crippen molar-refractivity contribution in [2.24, 2.45) is 0 Å². The predicted octanol–water partition coefficient (Wildman–Crippen LogP) is 2.45. The minimum absolute atomic E-state index is 0.335. The molecule has 0 N–H and O–H groups in total. The van der Waals surface area contributed by atoms with E-state index in [1.807, 2.05) is 6.20 Å². The Kier molecular flexibility index (Phi) is 3.95. The van der Waals surface area contributed by atoms with Crippen LogP contribution in [0.4, 0.5) is 0 Å². The summed E-state index contributed by atoms with van der Waals surface area (Å²) in [6.45, 7) is 7.13. The van der Waals surface area contributed by atoms with Crippen molar-refractivity contribution in [2.45, 2.75) is 32.5 Å². The Bertz CT molecular complexity index is 359. The fraction of sp³-hybridized carbons (Fsp3) is 0.583. The fourth-order valence-corrected chi connectivity index (χ4v) is 2.38. The van der Waals surface area contributed by atoms with Gasteiger partial charge in [-0.1, -0.05) is 0 Å². The molecule has 0 bridgehead atoms. The first-order valence-electron chi connectivity index (χ1n) is 5.61. The number of hydrogen-bond donors (Lipinski definition) is 0. The normalized spacial score (nSPS) is 26.9. The molecule has 1 fully saturated rings. The highest BCUT2D eigenvalue weighted by atomic mass is 79.9. The van der Waals surface area contributed by atoms with Crippen LogP contribution in [0.2, 0.25) is 0 Å². The van der Waals surface area contributed by atoms with E-state index in [1.54, 1.807) is 0 Å². The number of hydrogen-bond acceptors (Lipinski definition) is 3. The summed E-state index contributed by atoms with van der Waals surface area (Å²) < 4.78 is 6.52. The van der Waals surface area contributed by atoms with Crippen LogP contribution in [-0.2, 0) is 11.3 Å². The van der Waals surface area contributed by atoms with Crippen LogP contribution in [0, 0.1) is 0 Å². The second-order valence-corrected chi connectivity index (χ2v) is 5.22. The van der Waals surface area contributed by atoms with Crippen LogP contribution in [0.5, 0.6) is 0 Å². The molecule has 4 heteroatoms. The van der Waals surface area contributed by atoms with Gasteiger partial charge in [-0.25, -0.2) is 4.98 Å². The number of ether oxygens (including phenoxy) is 1. The monoisotopic (exact) mass is 284 g/mol. The van der Waals surface area contributed by atoms with E-state index in [4.69, 9.17) is 4.74 Å². The molecule has 1 aromatic heterocycles. The van der Waals surface area contributed by atoms with Gasteiger partial charge < -0.3 is 4.74 Å². The maximum absolute atomic E-state index is 5.62. The van der Waals surface area contributed by atoms with Crippen LogP contribution < -0.4 is 0 Å². The molecule has 1 aliphatic rings. The molecule has 0 aliphatic carbocycles. The molecule has 0 radical (unpaired) electrons. The van der Waals surface area contributed by atoms with Crippen molar-refractivity contribution in [3.8, 4) is 0 Å². The largest absolute Gasteiger partial charge is 0.376 e. The summed E-state index contributed by atoms with van der Waals surface area (Å²) in [7, 11) is 0. The molecule has 3 nitrogen and oxygen atoms in total. The Labute approximate surface area is 105 Å². The molecule has 88 valence electrons. The van der Waals surface area contributed by atoms with Crippen LogP contribution in [0.1, 0.15) is 19.4 Å². The second kappa shape index (κ2) is 5.25. The zero-order valence-corrected chi connectivity index (χ0v) is 11.3. The molecule has 0 saturated carbocycles. The number of nitrogens with zero attached hydrogens (tertiary/aromatic N) is 2. The first-order chi connectivity index (χ1) is 7.65. The number of pyridine rings is 1. The van der Waals surface area contributed by atoms with Gasteiger partial charge in [0.2, 0.25) is 0 Å². The molecule has 2 rings (SSSR count). The van der Waals surface area contributed by atoms with E-state index in [0.717, 1.165) is 24.3 Å². The van der Waals surface area contributed by atoms with Gasteiger partial charge in [0, 0.05) is 25.3 Å². The van der Waals surface area contributed by atoms with Gasteiger partial charge in [-0.3, -0.25) is 4.90 Å². The third-order valence-electron chi connectivity index (χ3n) is 2.91. The summed E-state index contributed by atoms with van der Waals surface area (Å²) in [4.78, 5) is 6.59. The predicted molar refractivity (Wildman–Crippen MR) is 67.2 cm³/mol. The van der Waals surface area contributed by atoms with Gasteiger partial charge in [-0.15, -0.1) is 0 Å². The van der Waals surface area contributed by atoms with Crippen LogP contribution >= 0.6 is 15.9 Å². The Morgan fingerprint density at radius 2 is 2.38 bits per heavy atom. The molecule has 0 aromatic carbocycles. The molecule has 2 heterocycles. The highest BCUT2D eigenvalue weighted by Gasteiger charge is 2.23. The van der Waals surface area contributed by atoms with Gasteiger partial charge >= 0.3 is 0 Å². The zero-order valence-electron chi connectivity index (χ0n) is 9.69. The summed E-state index contributed by atoms with van der Waals surface area (Å²) in [6, 6.07) is 4.63. The summed E-state index contributed by atoms with van der Waals surface area (Å²) >= 11 is 3.40. The summed E-state index contributed by atoms with van der Waals surface area (Å²) in [5.74, 6) is 0. The maximum atomic E-state index is 5.62. The van der Waals surface area contributed by atoms with Crippen LogP contribution in [-0.4, -0.2) is 35.2 Å². The van der Waals surface area contributed by atoms with E-state index in [2.05, 4.69) is 51.8 Å². The lowest BCUT2D eigenvalue weighted by atomic mass is 10.1. The van der Waals surface area contributed by atoms with Gasteiger partial charge in [0.05, 0.1) is 12.7 Å². The van der Waals surface area contributed by atoms with Crippen LogP contribution in [0.15, 0.2) is 22.9 Å². The van der Waals surface area contributed by atoms with Gasteiger partial charge in [0.1, 0.15) is 4.60 Å². The van der Waals surface area contributed by atoms with E-state index >= 15 is 0 Å². The van der Waals surface area contributed by atoms with Crippen molar-refractivity contribution < 1.29 is 4.74 Å². The van der Waals surface area contributed by atoms with Crippen molar-refractivity contribution in [3.05, 3.63) is 28.5 Å². The van der Waals surface area contributed by atoms with Crippen molar-refractivity contribution in [1.82, 2.24) is 9.88 Å². The molecule has 0 unspecified atom stereocenters. The average molecular weight is 285 g/mol. The van der Waals surface area contributed by atoms with Crippen molar-refractivity contribution in [1.29, 1.82) is 0 Å². The Hall–Kier alpha value is -0.450. The highest BCUT2D eigenvalue weighted by Crippen LogP contribution is 2.16. The smallest absolute Gasteiger partial charge is 0.106 e.